The van der Waals surface area contributed by atoms with Crippen LogP contribution in [0.2, 0.25) is 0 Å². The highest BCUT2D eigenvalue weighted by Gasteiger charge is 2.01. The summed E-state index contributed by atoms with van der Waals surface area (Å²) >= 11 is 0. The predicted octanol–water partition coefficient (Wildman–Crippen LogP) is 2.10. The Kier molecular flexibility index (Phi) is 2.10. The van der Waals surface area contributed by atoms with Gasteiger partial charge < -0.3 is 0 Å². The minimum absolute atomic E-state index is 0.563. The number of rotatable bonds is 2. The minimum atomic E-state index is 0.563. The second kappa shape index (κ2) is 2.86. The first-order valence-corrected chi connectivity index (χ1v) is 3.78. The van der Waals surface area contributed by atoms with E-state index in [1.807, 2.05) is 0 Å². The van der Waals surface area contributed by atoms with Gasteiger partial charge in [0.2, 0.25) is 0 Å². The van der Waals surface area contributed by atoms with Gasteiger partial charge in [-0.05, 0) is 18.4 Å². The minimum Gasteiger partial charge on any atom is -0.282 e. The maximum absolute atomic E-state index is 4.13. The van der Waals surface area contributed by atoms with E-state index in [1.165, 1.54) is 5.69 Å². The summed E-state index contributed by atoms with van der Waals surface area (Å²) in [7, 11) is 0. The molecule has 2 heteroatoms. The van der Waals surface area contributed by atoms with Gasteiger partial charge in [0.1, 0.15) is 0 Å². The molecule has 0 aliphatic rings. The molecule has 0 amide bonds. The molecule has 0 aromatic carbocycles. The molecule has 1 aromatic heterocycles. The van der Waals surface area contributed by atoms with Crippen LogP contribution < -0.4 is 0 Å². The lowest BCUT2D eigenvalue weighted by molar-refractivity contribution is 0.808. The molecule has 1 rings (SSSR count). The first kappa shape index (κ1) is 7.32. The van der Waals surface area contributed by atoms with Crippen LogP contribution in [0.4, 0.5) is 0 Å². The fourth-order valence-corrected chi connectivity index (χ4v) is 0.857. The Morgan fingerprint density at radius 1 is 1.60 bits per heavy atom. The molecule has 0 fully saturated rings. The predicted molar refractivity (Wildman–Crippen MR) is 42.1 cm³/mol. The molecule has 0 saturated carbocycles. The summed E-state index contributed by atoms with van der Waals surface area (Å²) in [5.74, 6) is 0.563. The molecule has 0 radical (unpaired) electrons. The quantitative estimate of drug-likeness (QED) is 0.666. The lowest BCUT2D eigenvalue weighted by atomic mass is 10.1. The molecule has 0 unspecified atom stereocenters. The number of nitrogens with zero attached hydrogens (tertiary/aromatic N) is 1. The number of aryl methyl sites for hydroxylation is 1. The van der Waals surface area contributed by atoms with Gasteiger partial charge in [-0.3, -0.25) is 5.10 Å². The summed E-state index contributed by atoms with van der Waals surface area (Å²) < 4.78 is 0. The standard InChI is InChI=1S/C8H14N2/c1-4-7-5-8(6(2)3)10-9-7/h5-6H,4H2,1-3H3,(H,9,10). The van der Waals surface area contributed by atoms with Gasteiger partial charge in [0.05, 0.1) is 5.69 Å². The molecule has 0 aliphatic carbocycles. The summed E-state index contributed by atoms with van der Waals surface area (Å²) in [6.45, 7) is 6.43. The molecule has 10 heavy (non-hydrogen) atoms. The topological polar surface area (TPSA) is 28.7 Å². The first-order chi connectivity index (χ1) is 4.74. The highest BCUT2D eigenvalue weighted by atomic mass is 15.1. The molecule has 0 spiro atoms. The van der Waals surface area contributed by atoms with Crippen molar-refractivity contribution in [2.24, 2.45) is 0 Å². The van der Waals surface area contributed by atoms with Crippen molar-refractivity contribution >= 4 is 0 Å². The van der Waals surface area contributed by atoms with Gasteiger partial charge >= 0.3 is 0 Å². The Balaban J connectivity index is 2.78. The first-order valence-electron chi connectivity index (χ1n) is 3.78. The summed E-state index contributed by atoms with van der Waals surface area (Å²) in [5, 5.41) is 7.14. The van der Waals surface area contributed by atoms with E-state index in [2.05, 4.69) is 37.0 Å². The van der Waals surface area contributed by atoms with Crippen molar-refractivity contribution in [3.05, 3.63) is 17.5 Å². The van der Waals surface area contributed by atoms with Crippen molar-refractivity contribution in [1.29, 1.82) is 0 Å². The third-order valence-corrected chi connectivity index (χ3v) is 1.63. The fourth-order valence-electron chi connectivity index (χ4n) is 0.857. The second-order valence-corrected chi connectivity index (χ2v) is 2.82. The van der Waals surface area contributed by atoms with E-state index in [0.29, 0.717) is 5.92 Å². The van der Waals surface area contributed by atoms with Crippen molar-refractivity contribution in [2.75, 3.05) is 0 Å². The second-order valence-electron chi connectivity index (χ2n) is 2.82. The smallest absolute Gasteiger partial charge is 0.0622 e. The van der Waals surface area contributed by atoms with E-state index in [0.717, 1.165) is 12.1 Å². The normalized spacial score (nSPS) is 10.8. The zero-order chi connectivity index (χ0) is 7.56. The number of H-pyrrole nitrogens is 1. The van der Waals surface area contributed by atoms with Crippen LogP contribution >= 0.6 is 0 Å². The van der Waals surface area contributed by atoms with Crippen LogP contribution in [0.5, 0.6) is 0 Å². The SMILES string of the molecule is CCc1cc(C(C)C)[nH]n1. The van der Waals surface area contributed by atoms with Crippen LogP contribution in [0.1, 0.15) is 38.1 Å². The number of nitrogens with one attached hydrogen (secondary N) is 1. The Labute approximate surface area is 61.7 Å². The van der Waals surface area contributed by atoms with Crippen LogP contribution in [0, 0.1) is 0 Å². The van der Waals surface area contributed by atoms with Gasteiger partial charge in [-0.15, -0.1) is 0 Å². The Morgan fingerprint density at radius 3 is 2.60 bits per heavy atom. The molecule has 2 nitrogen and oxygen atoms in total. The van der Waals surface area contributed by atoms with Crippen LogP contribution in [0.3, 0.4) is 0 Å². The lowest BCUT2D eigenvalue weighted by Crippen LogP contribution is -1.85. The summed E-state index contributed by atoms with van der Waals surface area (Å²) in [6, 6.07) is 2.13. The fraction of sp³-hybridized carbons (Fsp3) is 0.625. The van der Waals surface area contributed by atoms with Gasteiger partial charge in [0.25, 0.3) is 0 Å². The van der Waals surface area contributed by atoms with Gasteiger partial charge in [-0.2, -0.15) is 5.10 Å². The molecule has 1 aromatic rings. The molecular formula is C8H14N2. The van der Waals surface area contributed by atoms with Crippen LogP contribution in [0.15, 0.2) is 6.07 Å². The molecule has 0 bridgehead atoms. The largest absolute Gasteiger partial charge is 0.282 e. The highest BCUT2D eigenvalue weighted by Crippen LogP contribution is 2.11. The van der Waals surface area contributed by atoms with Gasteiger partial charge in [-0.1, -0.05) is 20.8 Å². The van der Waals surface area contributed by atoms with Crippen LogP contribution in [0.25, 0.3) is 0 Å². The molecular weight excluding hydrogens is 124 g/mol. The van der Waals surface area contributed by atoms with E-state index < -0.39 is 0 Å². The number of hydrogen-bond donors (Lipinski definition) is 1. The van der Waals surface area contributed by atoms with Gasteiger partial charge in [0.15, 0.2) is 0 Å². The van der Waals surface area contributed by atoms with E-state index in [4.69, 9.17) is 0 Å². The van der Waals surface area contributed by atoms with Gasteiger partial charge in [-0.25, -0.2) is 0 Å². The third-order valence-electron chi connectivity index (χ3n) is 1.63. The van der Waals surface area contributed by atoms with Crippen LogP contribution in [-0.4, -0.2) is 10.2 Å². The van der Waals surface area contributed by atoms with E-state index in [9.17, 15) is 0 Å². The van der Waals surface area contributed by atoms with Gasteiger partial charge in [0, 0.05) is 5.69 Å². The Hall–Kier alpha value is -0.790. The average molecular weight is 138 g/mol. The third kappa shape index (κ3) is 1.38. The van der Waals surface area contributed by atoms with Crippen LogP contribution in [-0.2, 0) is 6.42 Å². The summed E-state index contributed by atoms with van der Waals surface area (Å²) in [4.78, 5) is 0. The summed E-state index contributed by atoms with van der Waals surface area (Å²) in [5.41, 5.74) is 2.39. The van der Waals surface area contributed by atoms with E-state index in [-0.39, 0.29) is 0 Å². The van der Waals surface area contributed by atoms with Crippen molar-refractivity contribution in [3.8, 4) is 0 Å². The Morgan fingerprint density at radius 2 is 2.30 bits per heavy atom. The van der Waals surface area contributed by atoms with E-state index in [1.54, 1.807) is 0 Å². The molecule has 0 saturated heterocycles. The zero-order valence-electron chi connectivity index (χ0n) is 6.81. The maximum Gasteiger partial charge on any atom is 0.0622 e. The number of aromatic nitrogens is 2. The Bertz CT molecular complexity index is 201. The van der Waals surface area contributed by atoms with Crippen molar-refractivity contribution in [2.45, 2.75) is 33.1 Å². The number of aromatic amines is 1. The van der Waals surface area contributed by atoms with Crippen molar-refractivity contribution in [1.82, 2.24) is 10.2 Å². The molecule has 0 atom stereocenters. The zero-order valence-corrected chi connectivity index (χ0v) is 6.81. The summed E-state index contributed by atoms with van der Waals surface area (Å²) in [6.07, 6.45) is 1.02. The monoisotopic (exact) mass is 138 g/mol. The lowest BCUT2D eigenvalue weighted by Gasteiger charge is -1.96. The average Bonchev–Trinajstić information content (AvgIpc) is 2.34. The maximum atomic E-state index is 4.13. The molecule has 0 aliphatic heterocycles. The van der Waals surface area contributed by atoms with E-state index >= 15 is 0 Å². The highest BCUT2D eigenvalue weighted by molar-refractivity contribution is 5.11. The molecule has 1 N–H and O–H groups in total. The molecule has 56 valence electrons. The number of hydrogen-bond acceptors (Lipinski definition) is 1. The molecule has 1 heterocycles. The van der Waals surface area contributed by atoms with Crippen molar-refractivity contribution < 1.29 is 0 Å². The van der Waals surface area contributed by atoms with Crippen molar-refractivity contribution in [3.63, 3.8) is 0 Å².